The number of carbonyl (C=O) groups excluding carboxylic acids is 1. The van der Waals surface area contributed by atoms with Crippen molar-refractivity contribution in [3.63, 3.8) is 0 Å². The minimum atomic E-state index is -0.114. The van der Waals surface area contributed by atoms with E-state index in [-0.39, 0.29) is 11.7 Å². The Kier molecular flexibility index (Phi) is 5.20. The van der Waals surface area contributed by atoms with Crippen LogP contribution in [0.4, 0.5) is 5.69 Å². The van der Waals surface area contributed by atoms with Crippen molar-refractivity contribution in [2.24, 2.45) is 0 Å². The van der Waals surface area contributed by atoms with E-state index in [0.29, 0.717) is 10.8 Å². The Morgan fingerprint density at radius 3 is 2.75 bits per heavy atom. The van der Waals surface area contributed by atoms with Crippen molar-refractivity contribution in [3.05, 3.63) is 66.7 Å². The third-order valence-electron chi connectivity index (χ3n) is 3.99. The van der Waals surface area contributed by atoms with Crippen molar-refractivity contribution in [2.75, 3.05) is 18.2 Å². The van der Waals surface area contributed by atoms with Crippen molar-refractivity contribution in [3.8, 4) is 17.0 Å². The van der Waals surface area contributed by atoms with E-state index in [1.807, 2.05) is 66.7 Å². The number of hydrogen-bond acceptors (Lipinski definition) is 6. The number of benzene rings is 2. The fourth-order valence-corrected chi connectivity index (χ4v) is 3.33. The molecule has 2 heterocycles. The molecule has 0 fully saturated rings. The van der Waals surface area contributed by atoms with Crippen LogP contribution < -0.4 is 10.1 Å². The second kappa shape index (κ2) is 8.10. The average Bonchev–Trinajstić information content (AvgIpc) is 3.15. The van der Waals surface area contributed by atoms with Crippen LogP contribution in [0.2, 0.25) is 0 Å². The maximum Gasteiger partial charge on any atom is 0.234 e. The molecule has 1 amide bonds. The van der Waals surface area contributed by atoms with Gasteiger partial charge in [-0.05, 0) is 36.4 Å². The van der Waals surface area contributed by atoms with Crippen LogP contribution in [0.25, 0.3) is 16.9 Å². The second-order valence-corrected chi connectivity index (χ2v) is 6.85. The van der Waals surface area contributed by atoms with Gasteiger partial charge in [0.1, 0.15) is 5.75 Å². The summed E-state index contributed by atoms with van der Waals surface area (Å²) in [5.41, 5.74) is 3.07. The lowest BCUT2D eigenvalue weighted by Gasteiger charge is -2.06. The predicted octanol–water partition coefficient (Wildman–Crippen LogP) is 3.53. The van der Waals surface area contributed by atoms with E-state index in [1.54, 1.807) is 11.6 Å². The number of nitrogens with zero attached hydrogens (tertiary/aromatic N) is 4. The van der Waals surface area contributed by atoms with Gasteiger partial charge in [-0.3, -0.25) is 4.79 Å². The lowest BCUT2D eigenvalue weighted by Crippen LogP contribution is -2.14. The summed E-state index contributed by atoms with van der Waals surface area (Å²) in [6, 6.07) is 20.7. The summed E-state index contributed by atoms with van der Waals surface area (Å²) < 4.78 is 6.93. The number of methoxy groups -OCH3 is 1. The molecule has 4 aromatic rings. The van der Waals surface area contributed by atoms with Gasteiger partial charge in [0.25, 0.3) is 0 Å². The first-order chi connectivity index (χ1) is 13.7. The fraction of sp³-hybridized carbons (Fsp3) is 0.100. The number of carbonyl (C=O) groups is 1. The van der Waals surface area contributed by atoms with Gasteiger partial charge in [0.2, 0.25) is 11.1 Å². The standard InChI is InChI=1S/C20H17N5O2S/c1-27-16-9-5-6-14(12-16)17-10-11-18-22-23-20(25(18)24-17)28-13-19(26)21-15-7-3-2-4-8-15/h2-12H,13H2,1H3,(H,21,26). The third-order valence-corrected chi connectivity index (χ3v) is 4.91. The first kappa shape index (κ1) is 18.0. The minimum Gasteiger partial charge on any atom is -0.497 e. The zero-order chi connectivity index (χ0) is 19.3. The summed E-state index contributed by atoms with van der Waals surface area (Å²) in [7, 11) is 1.63. The molecule has 0 saturated carbocycles. The van der Waals surface area contributed by atoms with E-state index in [0.717, 1.165) is 22.7 Å². The molecule has 0 aliphatic rings. The van der Waals surface area contributed by atoms with Crippen molar-refractivity contribution >= 4 is 29.0 Å². The summed E-state index contributed by atoms with van der Waals surface area (Å²) >= 11 is 1.29. The molecule has 28 heavy (non-hydrogen) atoms. The van der Waals surface area contributed by atoms with Gasteiger partial charge in [0.15, 0.2) is 5.65 Å². The van der Waals surface area contributed by atoms with E-state index in [9.17, 15) is 4.79 Å². The molecule has 2 aromatic carbocycles. The molecule has 0 atom stereocenters. The molecule has 0 aliphatic heterocycles. The summed E-state index contributed by atoms with van der Waals surface area (Å²) in [6.45, 7) is 0. The zero-order valence-corrected chi connectivity index (χ0v) is 15.9. The van der Waals surface area contributed by atoms with E-state index >= 15 is 0 Å². The van der Waals surface area contributed by atoms with Gasteiger partial charge in [-0.2, -0.15) is 9.61 Å². The molecule has 0 spiro atoms. The molecule has 0 saturated heterocycles. The number of rotatable bonds is 6. The molecule has 0 aliphatic carbocycles. The first-order valence-electron chi connectivity index (χ1n) is 8.57. The van der Waals surface area contributed by atoms with Crippen molar-refractivity contribution in [1.82, 2.24) is 19.8 Å². The smallest absolute Gasteiger partial charge is 0.234 e. The summed E-state index contributed by atoms with van der Waals surface area (Å²) in [5.74, 6) is 0.855. The molecule has 7 nitrogen and oxygen atoms in total. The minimum absolute atomic E-state index is 0.114. The predicted molar refractivity (Wildman–Crippen MR) is 109 cm³/mol. The van der Waals surface area contributed by atoms with Crippen molar-refractivity contribution in [1.29, 1.82) is 0 Å². The zero-order valence-electron chi connectivity index (χ0n) is 15.1. The number of thioether (sulfide) groups is 1. The molecule has 0 bridgehead atoms. The van der Waals surface area contributed by atoms with E-state index < -0.39 is 0 Å². The van der Waals surface area contributed by atoms with Gasteiger partial charge in [0.05, 0.1) is 18.6 Å². The number of amides is 1. The Morgan fingerprint density at radius 2 is 1.93 bits per heavy atom. The number of anilines is 1. The van der Waals surface area contributed by atoms with Crippen LogP contribution in [0, 0.1) is 0 Å². The highest BCUT2D eigenvalue weighted by atomic mass is 32.2. The Hall–Kier alpha value is -3.39. The molecule has 0 radical (unpaired) electrons. The van der Waals surface area contributed by atoms with Crippen LogP contribution in [-0.4, -0.2) is 38.6 Å². The largest absolute Gasteiger partial charge is 0.497 e. The lowest BCUT2D eigenvalue weighted by molar-refractivity contribution is -0.113. The van der Waals surface area contributed by atoms with Crippen molar-refractivity contribution < 1.29 is 9.53 Å². The number of fused-ring (bicyclic) bond motifs is 1. The Morgan fingerprint density at radius 1 is 1.07 bits per heavy atom. The van der Waals surface area contributed by atoms with Gasteiger partial charge in [-0.1, -0.05) is 42.1 Å². The van der Waals surface area contributed by atoms with Gasteiger partial charge < -0.3 is 10.1 Å². The number of ether oxygens (including phenoxy) is 1. The van der Waals surface area contributed by atoms with Crippen LogP contribution in [0.3, 0.4) is 0 Å². The average molecular weight is 391 g/mol. The Labute approximate surface area is 165 Å². The highest BCUT2D eigenvalue weighted by Crippen LogP contribution is 2.24. The third kappa shape index (κ3) is 3.96. The second-order valence-electron chi connectivity index (χ2n) is 5.91. The number of para-hydroxylation sites is 1. The van der Waals surface area contributed by atoms with Crippen LogP contribution in [0.15, 0.2) is 71.9 Å². The normalized spacial score (nSPS) is 10.8. The number of nitrogens with one attached hydrogen (secondary N) is 1. The number of hydrogen-bond donors (Lipinski definition) is 1. The molecule has 140 valence electrons. The molecule has 4 rings (SSSR count). The first-order valence-corrected chi connectivity index (χ1v) is 9.56. The van der Waals surface area contributed by atoms with Crippen molar-refractivity contribution in [2.45, 2.75) is 5.16 Å². The van der Waals surface area contributed by atoms with E-state index in [4.69, 9.17) is 4.74 Å². The van der Waals surface area contributed by atoms with Gasteiger partial charge >= 0.3 is 0 Å². The summed E-state index contributed by atoms with van der Waals surface area (Å²) in [5, 5.41) is 16.3. The fourth-order valence-electron chi connectivity index (χ4n) is 2.64. The number of aromatic nitrogens is 4. The maximum atomic E-state index is 12.2. The van der Waals surface area contributed by atoms with Gasteiger partial charge in [0, 0.05) is 11.3 Å². The Balaban J connectivity index is 1.52. The lowest BCUT2D eigenvalue weighted by atomic mass is 10.1. The topological polar surface area (TPSA) is 81.4 Å². The van der Waals surface area contributed by atoms with Crippen LogP contribution in [-0.2, 0) is 4.79 Å². The monoisotopic (exact) mass is 391 g/mol. The van der Waals surface area contributed by atoms with Gasteiger partial charge in [-0.15, -0.1) is 10.2 Å². The van der Waals surface area contributed by atoms with E-state index in [1.165, 1.54) is 11.8 Å². The highest BCUT2D eigenvalue weighted by molar-refractivity contribution is 7.99. The highest BCUT2D eigenvalue weighted by Gasteiger charge is 2.12. The molecule has 8 heteroatoms. The molecule has 0 unspecified atom stereocenters. The molecular formula is C20H17N5O2S. The maximum absolute atomic E-state index is 12.2. The molecular weight excluding hydrogens is 374 g/mol. The summed E-state index contributed by atoms with van der Waals surface area (Å²) in [6.07, 6.45) is 0. The Bertz CT molecular complexity index is 1110. The van der Waals surface area contributed by atoms with Gasteiger partial charge in [-0.25, -0.2) is 0 Å². The van der Waals surface area contributed by atoms with E-state index in [2.05, 4.69) is 20.6 Å². The quantitative estimate of drug-likeness (QED) is 0.507. The molecule has 2 aromatic heterocycles. The SMILES string of the molecule is COc1cccc(-c2ccc3nnc(SCC(=O)Nc4ccccc4)n3n2)c1. The summed E-state index contributed by atoms with van der Waals surface area (Å²) in [4.78, 5) is 12.2. The van der Waals surface area contributed by atoms with Crippen LogP contribution in [0.5, 0.6) is 5.75 Å². The van der Waals surface area contributed by atoms with Crippen LogP contribution in [0.1, 0.15) is 0 Å². The van der Waals surface area contributed by atoms with Crippen LogP contribution >= 0.6 is 11.8 Å². The molecule has 1 N–H and O–H groups in total.